The smallest absolute Gasteiger partial charge is 0.0979 e. The van der Waals surface area contributed by atoms with E-state index in [9.17, 15) is 0 Å². The minimum absolute atomic E-state index is 0.929. The molecule has 1 rings (SSSR count). The number of rotatable bonds is 2. The second-order valence-electron chi connectivity index (χ2n) is 2.15. The summed E-state index contributed by atoms with van der Waals surface area (Å²) in [6.45, 7) is 7.50. The molecule has 1 aromatic rings. The van der Waals surface area contributed by atoms with Gasteiger partial charge in [-0.3, -0.25) is 4.99 Å². The van der Waals surface area contributed by atoms with Crippen molar-refractivity contribution in [3.8, 4) is 0 Å². The summed E-state index contributed by atoms with van der Waals surface area (Å²) < 4.78 is 0. The van der Waals surface area contributed by atoms with Crippen molar-refractivity contribution in [1.82, 2.24) is 4.98 Å². The van der Waals surface area contributed by atoms with Gasteiger partial charge in [-0.2, -0.15) is 0 Å². The van der Waals surface area contributed by atoms with Gasteiger partial charge in [-0.1, -0.05) is 6.58 Å². The Morgan fingerprint density at radius 1 is 1.82 bits per heavy atom. The highest BCUT2D eigenvalue weighted by Crippen LogP contribution is 2.11. The molecule has 0 fully saturated rings. The highest BCUT2D eigenvalue weighted by molar-refractivity contribution is 7.09. The van der Waals surface area contributed by atoms with E-state index in [0.29, 0.717) is 0 Å². The Hall–Kier alpha value is -0.960. The van der Waals surface area contributed by atoms with Crippen molar-refractivity contribution in [3.63, 3.8) is 0 Å². The number of hydrogen-bond acceptors (Lipinski definition) is 3. The van der Waals surface area contributed by atoms with E-state index >= 15 is 0 Å². The molecule has 0 radical (unpaired) electrons. The first-order chi connectivity index (χ1) is 5.25. The van der Waals surface area contributed by atoms with Gasteiger partial charge in [0.2, 0.25) is 0 Å². The summed E-state index contributed by atoms with van der Waals surface area (Å²) in [5, 5.41) is 0. The van der Waals surface area contributed by atoms with Crippen molar-refractivity contribution >= 4 is 17.0 Å². The molecule has 0 aliphatic carbocycles. The molecular formula is C8H10N2S. The van der Waals surface area contributed by atoms with E-state index in [2.05, 4.69) is 16.6 Å². The largest absolute Gasteiger partial charge is 0.260 e. The van der Waals surface area contributed by atoms with E-state index < -0.39 is 0 Å². The van der Waals surface area contributed by atoms with Crippen LogP contribution in [-0.2, 0) is 0 Å². The highest BCUT2D eigenvalue weighted by atomic mass is 32.1. The zero-order chi connectivity index (χ0) is 8.27. The number of nitrogens with zero attached hydrogens (tertiary/aromatic N) is 2. The average Bonchev–Trinajstić information content (AvgIpc) is 2.36. The van der Waals surface area contributed by atoms with Crippen LogP contribution in [0.4, 0.5) is 0 Å². The maximum absolute atomic E-state index is 4.17. The Morgan fingerprint density at radius 3 is 3.00 bits per heavy atom. The summed E-state index contributed by atoms with van der Waals surface area (Å²) in [6.07, 6.45) is 1.54. The van der Waals surface area contributed by atoms with Crippen LogP contribution >= 0.6 is 11.3 Å². The molecule has 0 saturated heterocycles. The third-order valence-corrected chi connectivity index (χ3v) is 2.13. The van der Waals surface area contributed by atoms with Crippen LogP contribution in [0, 0.1) is 6.92 Å². The Labute approximate surface area is 70.3 Å². The van der Waals surface area contributed by atoms with Gasteiger partial charge in [0.05, 0.1) is 16.9 Å². The van der Waals surface area contributed by atoms with Crippen molar-refractivity contribution in [3.05, 3.63) is 28.9 Å². The zero-order valence-corrected chi connectivity index (χ0v) is 7.48. The summed E-state index contributed by atoms with van der Waals surface area (Å²) in [4.78, 5) is 9.43. The lowest BCUT2D eigenvalue weighted by molar-refractivity contribution is 1.32. The van der Waals surface area contributed by atoms with Crippen LogP contribution in [0.15, 0.2) is 23.3 Å². The molecule has 0 spiro atoms. The first-order valence-electron chi connectivity index (χ1n) is 3.31. The quantitative estimate of drug-likeness (QED) is 0.619. The van der Waals surface area contributed by atoms with E-state index in [-0.39, 0.29) is 0 Å². The lowest BCUT2D eigenvalue weighted by Gasteiger charge is -1.93. The zero-order valence-electron chi connectivity index (χ0n) is 6.66. The molecular weight excluding hydrogens is 156 g/mol. The molecule has 0 aromatic carbocycles. The van der Waals surface area contributed by atoms with Crippen molar-refractivity contribution in [2.24, 2.45) is 4.99 Å². The monoisotopic (exact) mass is 166 g/mol. The summed E-state index contributed by atoms with van der Waals surface area (Å²) in [6, 6.07) is 0. The molecule has 1 heterocycles. The molecule has 0 unspecified atom stereocenters. The molecule has 1 aromatic heterocycles. The Bertz CT molecular complexity index is 286. The van der Waals surface area contributed by atoms with Gasteiger partial charge in [-0.15, -0.1) is 11.3 Å². The first kappa shape index (κ1) is 8.14. The van der Waals surface area contributed by atoms with Crippen LogP contribution in [0.5, 0.6) is 0 Å². The summed E-state index contributed by atoms with van der Waals surface area (Å²) in [5.41, 5.74) is 3.74. The number of hydrogen-bond donors (Lipinski definition) is 0. The fourth-order valence-corrected chi connectivity index (χ4v) is 1.48. The number of aryl methyl sites for hydroxylation is 1. The molecule has 0 aliphatic rings. The highest BCUT2D eigenvalue weighted by Gasteiger charge is 2.02. The van der Waals surface area contributed by atoms with Gasteiger partial charge in [-0.05, 0) is 13.8 Å². The Kier molecular flexibility index (Phi) is 2.54. The van der Waals surface area contributed by atoms with Crippen molar-refractivity contribution in [2.75, 3.05) is 0 Å². The molecule has 0 saturated carbocycles. The molecule has 58 valence electrons. The van der Waals surface area contributed by atoms with Gasteiger partial charge in [0.25, 0.3) is 0 Å². The maximum atomic E-state index is 4.17. The Balaban J connectivity index is 3.01. The molecule has 11 heavy (non-hydrogen) atoms. The predicted octanol–water partition coefficient (Wildman–Crippen LogP) is 2.40. The average molecular weight is 166 g/mol. The first-order valence-corrected chi connectivity index (χ1v) is 4.19. The van der Waals surface area contributed by atoms with E-state index in [1.54, 1.807) is 11.3 Å². The topological polar surface area (TPSA) is 25.2 Å². The maximum Gasteiger partial charge on any atom is 0.0979 e. The molecule has 0 amide bonds. The van der Waals surface area contributed by atoms with E-state index in [1.807, 2.05) is 19.4 Å². The van der Waals surface area contributed by atoms with Gasteiger partial charge in [0.15, 0.2) is 0 Å². The van der Waals surface area contributed by atoms with Gasteiger partial charge in [-0.25, -0.2) is 4.98 Å². The van der Waals surface area contributed by atoms with Gasteiger partial charge < -0.3 is 0 Å². The van der Waals surface area contributed by atoms with E-state index in [1.165, 1.54) is 11.1 Å². The summed E-state index contributed by atoms with van der Waals surface area (Å²) in [7, 11) is 0. The minimum atomic E-state index is 0.929. The van der Waals surface area contributed by atoms with Crippen molar-refractivity contribution in [1.29, 1.82) is 0 Å². The fraction of sp³-hybridized carbons (Fsp3) is 0.250. The third-order valence-electron chi connectivity index (χ3n) is 1.37. The fourth-order valence-electron chi connectivity index (χ4n) is 0.851. The second-order valence-corrected chi connectivity index (χ2v) is 3.21. The van der Waals surface area contributed by atoms with Gasteiger partial charge >= 0.3 is 0 Å². The standard InChI is InChI=1S/C8H10N2S/c1-4-9-6(2)8-7(3)11-5-10-8/h4-5H,1H2,2-3H3. The Morgan fingerprint density at radius 2 is 2.55 bits per heavy atom. The number of aliphatic imine (C=N–C) groups is 1. The molecule has 0 bridgehead atoms. The summed E-state index contributed by atoms with van der Waals surface area (Å²) in [5.74, 6) is 0. The summed E-state index contributed by atoms with van der Waals surface area (Å²) >= 11 is 1.63. The molecule has 0 atom stereocenters. The molecule has 2 nitrogen and oxygen atoms in total. The van der Waals surface area contributed by atoms with E-state index in [0.717, 1.165) is 11.4 Å². The normalized spacial score (nSPS) is 11.6. The lowest BCUT2D eigenvalue weighted by Crippen LogP contribution is -1.95. The number of aromatic nitrogens is 1. The van der Waals surface area contributed by atoms with Gasteiger partial charge in [0, 0.05) is 11.1 Å². The van der Waals surface area contributed by atoms with Crippen molar-refractivity contribution < 1.29 is 0 Å². The van der Waals surface area contributed by atoms with Gasteiger partial charge in [0.1, 0.15) is 0 Å². The molecule has 0 N–H and O–H groups in total. The van der Waals surface area contributed by atoms with Crippen LogP contribution in [-0.4, -0.2) is 10.7 Å². The van der Waals surface area contributed by atoms with E-state index in [4.69, 9.17) is 0 Å². The van der Waals surface area contributed by atoms with Crippen LogP contribution in [0.2, 0.25) is 0 Å². The molecule has 3 heteroatoms. The number of thiazole rings is 1. The second kappa shape index (κ2) is 3.44. The lowest BCUT2D eigenvalue weighted by atomic mass is 10.3. The van der Waals surface area contributed by atoms with Crippen molar-refractivity contribution in [2.45, 2.75) is 13.8 Å². The SMILES string of the molecule is C=CN=C(C)c1ncsc1C. The van der Waals surface area contributed by atoms with Crippen LogP contribution < -0.4 is 0 Å². The van der Waals surface area contributed by atoms with Crippen LogP contribution in [0.25, 0.3) is 0 Å². The third kappa shape index (κ3) is 1.74. The molecule has 0 aliphatic heterocycles. The van der Waals surface area contributed by atoms with Crippen LogP contribution in [0.3, 0.4) is 0 Å². The predicted molar refractivity (Wildman–Crippen MR) is 49.3 cm³/mol. The minimum Gasteiger partial charge on any atom is -0.260 e. The van der Waals surface area contributed by atoms with Crippen LogP contribution in [0.1, 0.15) is 17.5 Å².